The fourth-order valence-electron chi connectivity index (χ4n) is 2.54. The number of nitrogens with one attached hydrogen (secondary N) is 1. The highest BCUT2D eigenvalue weighted by molar-refractivity contribution is 6.30. The van der Waals surface area contributed by atoms with E-state index in [9.17, 15) is 9.18 Å². The van der Waals surface area contributed by atoms with Crippen molar-refractivity contribution in [2.75, 3.05) is 0 Å². The van der Waals surface area contributed by atoms with Gasteiger partial charge in [-0.1, -0.05) is 43.7 Å². The van der Waals surface area contributed by atoms with Gasteiger partial charge in [0, 0.05) is 11.1 Å². The Kier molecular flexibility index (Phi) is 5.20. The van der Waals surface area contributed by atoms with Gasteiger partial charge in [0.25, 0.3) is 5.91 Å². The molecule has 0 heterocycles. The molecular weight excluding hydrogens is 265 g/mol. The molecule has 1 aliphatic rings. The number of benzene rings is 1. The first-order chi connectivity index (χ1) is 9.16. The van der Waals surface area contributed by atoms with Gasteiger partial charge in [0.2, 0.25) is 0 Å². The lowest BCUT2D eigenvalue weighted by Crippen LogP contribution is -2.35. The molecule has 0 spiro atoms. The molecule has 4 heteroatoms. The van der Waals surface area contributed by atoms with Crippen molar-refractivity contribution in [2.24, 2.45) is 0 Å². The Morgan fingerprint density at radius 1 is 1.16 bits per heavy atom. The minimum absolute atomic E-state index is 0.0754. The number of halogens is 2. The van der Waals surface area contributed by atoms with Crippen LogP contribution in [0.2, 0.25) is 5.02 Å². The van der Waals surface area contributed by atoms with Gasteiger partial charge in [-0.25, -0.2) is 4.39 Å². The van der Waals surface area contributed by atoms with Crippen molar-refractivity contribution in [1.82, 2.24) is 5.32 Å². The Hall–Kier alpha value is -1.09. The number of rotatable bonds is 2. The van der Waals surface area contributed by atoms with E-state index in [-0.39, 0.29) is 17.5 Å². The molecule has 0 aromatic heterocycles. The third-order valence-electron chi connectivity index (χ3n) is 3.62. The standard InChI is InChI=1S/C15H19ClFNO/c16-11-8-9-13(14(17)10-11)15(19)18-12-6-4-2-1-3-5-7-12/h8-10,12H,1-7H2,(H,18,19). The first-order valence-electron chi connectivity index (χ1n) is 6.93. The number of carbonyl (C=O) groups is 1. The maximum atomic E-state index is 13.7. The van der Waals surface area contributed by atoms with E-state index in [0.717, 1.165) is 25.7 Å². The second-order valence-electron chi connectivity index (χ2n) is 5.14. The predicted molar refractivity (Wildman–Crippen MR) is 75.0 cm³/mol. The molecular formula is C15H19ClFNO. The molecule has 2 nitrogen and oxygen atoms in total. The van der Waals surface area contributed by atoms with E-state index in [4.69, 9.17) is 11.6 Å². The molecule has 104 valence electrons. The molecule has 1 aromatic carbocycles. The molecule has 1 fully saturated rings. The Morgan fingerprint density at radius 3 is 2.42 bits per heavy atom. The molecule has 19 heavy (non-hydrogen) atoms. The largest absolute Gasteiger partial charge is 0.349 e. The molecule has 0 radical (unpaired) electrons. The van der Waals surface area contributed by atoms with Gasteiger partial charge in [0.05, 0.1) is 5.56 Å². The van der Waals surface area contributed by atoms with Crippen LogP contribution in [0.5, 0.6) is 0 Å². The zero-order chi connectivity index (χ0) is 13.7. The summed E-state index contributed by atoms with van der Waals surface area (Å²) in [6.07, 6.45) is 7.97. The lowest BCUT2D eigenvalue weighted by Gasteiger charge is -2.21. The quantitative estimate of drug-likeness (QED) is 0.860. The summed E-state index contributed by atoms with van der Waals surface area (Å²) in [6.45, 7) is 0. The summed E-state index contributed by atoms with van der Waals surface area (Å²) in [6, 6.07) is 4.32. The molecule has 0 bridgehead atoms. The van der Waals surface area contributed by atoms with Gasteiger partial charge in [0.1, 0.15) is 5.82 Å². The van der Waals surface area contributed by atoms with Crippen LogP contribution in [0.1, 0.15) is 55.3 Å². The minimum Gasteiger partial charge on any atom is -0.349 e. The predicted octanol–water partition coefficient (Wildman–Crippen LogP) is 4.32. The normalized spacial score (nSPS) is 17.6. The van der Waals surface area contributed by atoms with Gasteiger partial charge in [-0.15, -0.1) is 0 Å². The van der Waals surface area contributed by atoms with E-state index in [0.29, 0.717) is 5.02 Å². The van der Waals surface area contributed by atoms with Crippen molar-refractivity contribution in [3.63, 3.8) is 0 Å². The van der Waals surface area contributed by atoms with Gasteiger partial charge >= 0.3 is 0 Å². The molecule has 0 atom stereocenters. The molecule has 0 unspecified atom stereocenters. The third kappa shape index (κ3) is 4.20. The average molecular weight is 284 g/mol. The summed E-state index contributed by atoms with van der Waals surface area (Å²) in [5.41, 5.74) is 0.0754. The lowest BCUT2D eigenvalue weighted by molar-refractivity contribution is 0.0926. The smallest absolute Gasteiger partial charge is 0.254 e. The summed E-state index contributed by atoms with van der Waals surface area (Å²) in [5, 5.41) is 3.25. The van der Waals surface area contributed by atoms with E-state index in [1.807, 2.05) is 0 Å². The first-order valence-corrected chi connectivity index (χ1v) is 7.30. The Morgan fingerprint density at radius 2 is 1.79 bits per heavy atom. The Labute approximate surface area is 118 Å². The molecule has 1 aliphatic carbocycles. The number of hydrogen-bond acceptors (Lipinski definition) is 1. The van der Waals surface area contributed by atoms with E-state index in [1.165, 1.54) is 37.5 Å². The van der Waals surface area contributed by atoms with Crippen molar-refractivity contribution in [3.8, 4) is 0 Å². The van der Waals surface area contributed by atoms with Crippen LogP contribution in [0.15, 0.2) is 18.2 Å². The summed E-state index contributed by atoms with van der Waals surface area (Å²) in [4.78, 5) is 12.0. The summed E-state index contributed by atoms with van der Waals surface area (Å²) in [7, 11) is 0. The summed E-state index contributed by atoms with van der Waals surface area (Å²) in [5.74, 6) is -0.893. The number of amides is 1. The fraction of sp³-hybridized carbons (Fsp3) is 0.533. The molecule has 1 aromatic rings. The molecule has 1 saturated carbocycles. The lowest BCUT2D eigenvalue weighted by atomic mass is 9.96. The van der Waals surface area contributed by atoms with Gasteiger partial charge in [-0.05, 0) is 31.0 Å². The van der Waals surface area contributed by atoms with Crippen molar-refractivity contribution < 1.29 is 9.18 Å². The van der Waals surface area contributed by atoms with E-state index in [1.54, 1.807) is 0 Å². The number of carbonyl (C=O) groups excluding carboxylic acids is 1. The highest BCUT2D eigenvalue weighted by atomic mass is 35.5. The van der Waals surface area contributed by atoms with Gasteiger partial charge in [-0.2, -0.15) is 0 Å². The van der Waals surface area contributed by atoms with Crippen molar-refractivity contribution in [1.29, 1.82) is 0 Å². The van der Waals surface area contributed by atoms with Gasteiger partial charge in [-0.3, -0.25) is 4.79 Å². The van der Waals surface area contributed by atoms with Gasteiger partial charge < -0.3 is 5.32 Å². The van der Waals surface area contributed by atoms with Crippen molar-refractivity contribution >= 4 is 17.5 Å². The highest BCUT2D eigenvalue weighted by Crippen LogP contribution is 2.19. The zero-order valence-electron chi connectivity index (χ0n) is 10.9. The maximum Gasteiger partial charge on any atom is 0.254 e. The second kappa shape index (κ2) is 6.90. The van der Waals surface area contributed by atoms with Crippen LogP contribution in [-0.2, 0) is 0 Å². The Balaban J connectivity index is 1.99. The monoisotopic (exact) mass is 283 g/mol. The third-order valence-corrected chi connectivity index (χ3v) is 3.85. The summed E-state index contributed by atoms with van der Waals surface area (Å²) < 4.78 is 13.7. The van der Waals surface area contributed by atoms with Crippen LogP contribution in [-0.4, -0.2) is 11.9 Å². The van der Waals surface area contributed by atoms with Gasteiger partial charge in [0.15, 0.2) is 0 Å². The van der Waals surface area contributed by atoms with Crippen LogP contribution in [0.4, 0.5) is 4.39 Å². The van der Waals surface area contributed by atoms with Crippen LogP contribution in [0.3, 0.4) is 0 Å². The Bertz CT molecular complexity index is 442. The van der Waals surface area contributed by atoms with E-state index < -0.39 is 5.82 Å². The second-order valence-corrected chi connectivity index (χ2v) is 5.58. The van der Waals surface area contributed by atoms with Crippen molar-refractivity contribution in [2.45, 2.75) is 51.0 Å². The zero-order valence-corrected chi connectivity index (χ0v) is 11.7. The minimum atomic E-state index is -0.559. The van der Waals surface area contributed by atoms with Crippen LogP contribution >= 0.6 is 11.6 Å². The number of hydrogen-bond donors (Lipinski definition) is 1. The van der Waals surface area contributed by atoms with Crippen molar-refractivity contribution in [3.05, 3.63) is 34.6 Å². The molecule has 1 N–H and O–H groups in total. The van der Waals surface area contributed by atoms with E-state index in [2.05, 4.69) is 5.32 Å². The molecule has 1 amide bonds. The molecule has 0 aliphatic heterocycles. The average Bonchev–Trinajstić information content (AvgIpc) is 2.32. The topological polar surface area (TPSA) is 29.1 Å². The maximum absolute atomic E-state index is 13.7. The van der Waals surface area contributed by atoms with E-state index >= 15 is 0 Å². The molecule has 2 rings (SSSR count). The van der Waals surface area contributed by atoms with Crippen LogP contribution in [0, 0.1) is 5.82 Å². The fourth-order valence-corrected chi connectivity index (χ4v) is 2.70. The van der Waals surface area contributed by atoms with Crippen LogP contribution < -0.4 is 5.32 Å². The molecule has 0 saturated heterocycles. The summed E-state index contributed by atoms with van der Waals surface area (Å²) >= 11 is 5.68. The highest BCUT2D eigenvalue weighted by Gasteiger charge is 2.17. The SMILES string of the molecule is O=C(NC1CCCCCCC1)c1ccc(Cl)cc1F. The first kappa shape index (κ1) is 14.3. The van der Waals surface area contributed by atoms with Crippen LogP contribution in [0.25, 0.3) is 0 Å².